The second kappa shape index (κ2) is 11.3. The number of benzene rings is 3. The molecule has 0 aliphatic carbocycles. The summed E-state index contributed by atoms with van der Waals surface area (Å²) in [6, 6.07) is 20.5. The van der Waals surface area contributed by atoms with E-state index in [1.54, 1.807) is 7.11 Å². The molecule has 2 unspecified atom stereocenters. The van der Waals surface area contributed by atoms with Gasteiger partial charge in [0.05, 0.1) is 13.7 Å². The van der Waals surface area contributed by atoms with Crippen molar-refractivity contribution in [3.8, 4) is 17.2 Å². The SMILES string of the molecule is COc1cc(OCCOC(C)Oc2ccc(C(CC(C)(C)C)C(C)(C)C)cc2)c2ccccc2c1. The van der Waals surface area contributed by atoms with Gasteiger partial charge in [-0.25, -0.2) is 0 Å². The number of hydrogen-bond acceptors (Lipinski definition) is 4. The van der Waals surface area contributed by atoms with Gasteiger partial charge in [-0.2, -0.15) is 0 Å². The van der Waals surface area contributed by atoms with Gasteiger partial charge in [0.15, 0.2) is 6.29 Å². The topological polar surface area (TPSA) is 36.9 Å². The van der Waals surface area contributed by atoms with Crippen LogP contribution in [0.3, 0.4) is 0 Å². The van der Waals surface area contributed by atoms with E-state index in [1.807, 2.05) is 37.3 Å². The Balaban J connectivity index is 1.53. The highest BCUT2D eigenvalue weighted by atomic mass is 16.7. The molecule has 0 N–H and O–H groups in total. The van der Waals surface area contributed by atoms with Crippen LogP contribution in [-0.2, 0) is 4.74 Å². The van der Waals surface area contributed by atoms with Crippen molar-refractivity contribution in [2.75, 3.05) is 20.3 Å². The maximum Gasteiger partial charge on any atom is 0.197 e. The van der Waals surface area contributed by atoms with Crippen LogP contribution in [0.25, 0.3) is 10.8 Å². The van der Waals surface area contributed by atoms with E-state index in [2.05, 4.69) is 71.9 Å². The summed E-state index contributed by atoms with van der Waals surface area (Å²) in [7, 11) is 1.66. The summed E-state index contributed by atoms with van der Waals surface area (Å²) < 4.78 is 23.3. The van der Waals surface area contributed by atoms with Crippen LogP contribution < -0.4 is 14.2 Å². The first-order valence-corrected chi connectivity index (χ1v) is 12.5. The molecule has 0 saturated carbocycles. The van der Waals surface area contributed by atoms with Crippen LogP contribution in [-0.4, -0.2) is 26.6 Å². The average molecular weight is 479 g/mol. The Morgan fingerprint density at radius 2 is 1.49 bits per heavy atom. The summed E-state index contributed by atoms with van der Waals surface area (Å²) in [5.41, 5.74) is 1.82. The second-order valence-electron chi connectivity index (χ2n) is 11.5. The fourth-order valence-electron chi connectivity index (χ4n) is 4.39. The van der Waals surface area contributed by atoms with Crippen LogP contribution in [0.1, 0.15) is 66.4 Å². The molecule has 0 amide bonds. The molecule has 3 aromatic rings. The molecule has 2 atom stereocenters. The van der Waals surface area contributed by atoms with E-state index in [-0.39, 0.29) is 17.1 Å². The largest absolute Gasteiger partial charge is 0.497 e. The van der Waals surface area contributed by atoms with Gasteiger partial charge in [0, 0.05) is 11.5 Å². The van der Waals surface area contributed by atoms with Crippen molar-refractivity contribution in [2.45, 2.75) is 67.1 Å². The molecule has 4 heteroatoms. The van der Waals surface area contributed by atoms with Crippen molar-refractivity contribution in [3.63, 3.8) is 0 Å². The summed E-state index contributed by atoms with van der Waals surface area (Å²) in [5.74, 6) is 2.85. The Hall–Kier alpha value is -2.72. The highest BCUT2D eigenvalue weighted by Gasteiger charge is 2.30. The number of methoxy groups -OCH3 is 1. The molecule has 0 aliphatic heterocycles. The summed E-state index contributed by atoms with van der Waals surface area (Å²) in [5, 5.41) is 2.14. The third-order valence-electron chi connectivity index (χ3n) is 6.17. The van der Waals surface area contributed by atoms with Crippen LogP contribution in [0.15, 0.2) is 60.7 Å². The van der Waals surface area contributed by atoms with E-state index < -0.39 is 0 Å². The molecule has 3 aromatic carbocycles. The van der Waals surface area contributed by atoms with Crippen LogP contribution in [0, 0.1) is 10.8 Å². The van der Waals surface area contributed by atoms with E-state index in [0.29, 0.717) is 19.1 Å². The van der Waals surface area contributed by atoms with Crippen LogP contribution in [0.5, 0.6) is 17.2 Å². The third-order valence-corrected chi connectivity index (χ3v) is 6.17. The second-order valence-corrected chi connectivity index (χ2v) is 11.5. The summed E-state index contributed by atoms with van der Waals surface area (Å²) >= 11 is 0. The lowest BCUT2D eigenvalue weighted by Gasteiger charge is -2.36. The molecule has 0 fully saturated rings. The van der Waals surface area contributed by atoms with Crippen LogP contribution in [0.2, 0.25) is 0 Å². The molecule has 0 bridgehead atoms. The molecule has 190 valence electrons. The quantitative estimate of drug-likeness (QED) is 0.217. The zero-order chi connectivity index (χ0) is 25.6. The standard InChI is InChI=1S/C31H42O4/c1-22(33-17-18-34-29-20-26(32-8)19-24-11-9-10-12-27(24)29)35-25-15-13-23(14-16-25)28(31(5,6)7)21-30(2,3)4/h9-16,19-20,22,28H,17-18,21H2,1-8H3. The number of ether oxygens (including phenoxy) is 4. The lowest BCUT2D eigenvalue weighted by molar-refractivity contribution is -0.0738. The number of fused-ring (bicyclic) bond motifs is 1. The van der Waals surface area contributed by atoms with Crippen molar-refractivity contribution in [1.29, 1.82) is 0 Å². The molecular weight excluding hydrogens is 436 g/mol. The fourth-order valence-corrected chi connectivity index (χ4v) is 4.39. The first-order valence-electron chi connectivity index (χ1n) is 12.5. The van der Waals surface area contributed by atoms with Crippen LogP contribution >= 0.6 is 0 Å². The lowest BCUT2D eigenvalue weighted by atomic mass is 9.69. The Bertz CT molecular complexity index is 1070. The minimum absolute atomic E-state index is 0.195. The minimum atomic E-state index is -0.375. The van der Waals surface area contributed by atoms with E-state index >= 15 is 0 Å². The van der Waals surface area contributed by atoms with Crippen molar-refractivity contribution < 1.29 is 18.9 Å². The van der Waals surface area contributed by atoms with Crippen molar-refractivity contribution >= 4 is 10.8 Å². The number of rotatable bonds is 10. The predicted molar refractivity (Wildman–Crippen MR) is 145 cm³/mol. The lowest BCUT2D eigenvalue weighted by Crippen LogP contribution is -2.24. The van der Waals surface area contributed by atoms with Gasteiger partial charge in [-0.1, -0.05) is 77.9 Å². The molecule has 0 heterocycles. The van der Waals surface area contributed by atoms with Gasteiger partial charge in [-0.3, -0.25) is 0 Å². The molecule has 3 rings (SSSR count). The molecule has 0 saturated heterocycles. The maximum absolute atomic E-state index is 6.02. The Morgan fingerprint density at radius 1 is 0.800 bits per heavy atom. The Kier molecular flexibility index (Phi) is 8.71. The van der Waals surface area contributed by atoms with Gasteiger partial charge in [-0.05, 0) is 59.2 Å². The Labute approximate surface area is 211 Å². The molecular formula is C31H42O4. The monoisotopic (exact) mass is 478 g/mol. The van der Waals surface area contributed by atoms with Gasteiger partial charge < -0.3 is 18.9 Å². The number of hydrogen-bond donors (Lipinski definition) is 0. The first-order chi connectivity index (χ1) is 16.5. The van der Waals surface area contributed by atoms with Crippen molar-refractivity contribution in [2.24, 2.45) is 10.8 Å². The highest BCUT2D eigenvalue weighted by molar-refractivity contribution is 5.89. The highest BCUT2D eigenvalue weighted by Crippen LogP contribution is 2.43. The zero-order valence-electron chi connectivity index (χ0n) is 22.7. The molecule has 0 aromatic heterocycles. The fraction of sp³-hybridized carbons (Fsp3) is 0.484. The van der Waals surface area contributed by atoms with Crippen molar-refractivity contribution in [1.82, 2.24) is 0 Å². The smallest absolute Gasteiger partial charge is 0.197 e. The molecule has 4 nitrogen and oxygen atoms in total. The maximum atomic E-state index is 6.02. The molecule has 0 spiro atoms. The van der Waals surface area contributed by atoms with E-state index in [4.69, 9.17) is 18.9 Å². The first kappa shape index (κ1) is 26.9. The summed E-state index contributed by atoms with van der Waals surface area (Å²) in [6.07, 6.45) is 0.762. The van der Waals surface area contributed by atoms with E-state index in [9.17, 15) is 0 Å². The minimum Gasteiger partial charge on any atom is -0.497 e. The van der Waals surface area contributed by atoms with Gasteiger partial charge in [0.25, 0.3) is 0 Å². The van der Waals surface area contributed by atoms with Crippen LogP contribution in [0.4, 0.5) is 0 Å². The molecule has 35 heavy (non-hydrogen) atoms. The van der Waals surface area contributed by atoms with Crippen molar-refractivity contribution in [3.05, 3.63) is 66.2 Å². The van der Waals surface area contributed by atoms with Gasteiger partial charge in [0.1, 0.15) is 23.9 Å². The third kappa shape index (κ3) is 7.90. The summed E-state index contributed by atoms with van der Waals surface area (Å²) in [6.45, 7) is 16.6. The Morgan fingerprint density at radius 3 is 2.11 bits per heavy atom. The van der Waals surface area contributed by atoms with E-state index in [0.717, 1.165) is 34.4 Å². The van der Waals surface area contributed by atoms with Gasteiger partial charge in [0.2, 0.25) is 0 Å². The van der Waals surface area contributed by atoms with Gasteiger partial charge >= 0.3 is 0 Å². The molecule has 0 radical (unpaired) electrons. The predicted octanol–water partition coefficient (Wildman–Crippen LogP) is 8.23. The molecule has 0 aliphatic rings. The zero-order valence-corrected chi connectivity index (χ0v) is 22.7. The normalized spacial score (nSPS) is 13.9. The average Bonchev–Trinajstić information content (AvgIpc) is 2.79. The van der Waals surface area contributed by atoms with E-state index in [1.165, 1.54) is 5.56 Å². The van der Waals surface area contributed by atoms with Gasteiger partial charge in [-0.15, -0.1) is 0 Å². The summed E-state index contributed by atoms with van der Waals surface area (Å²) in [4.78, 5) is 0.